The lowest BCUT2D eigenvalue weighted by molar-refractivity contribution is -0.254. The molecule has 14 heavy (non-hydrogen) atoms. The smallest absolute Gasteiger partial charge is 0.229 e. The first kappa shape index (κ1) is 12.9. The molecule has 1 aromatic rings. The fourth-order valence-electron chi connectivity index (χ4n) is 0.849. The molecule has 0 aliphatic carbocycles. The highest BCUT2D eigenvalue weighted by atomic mass is 32.2. The maximum absolute atomic E-state index is 10.8. The number of quaternary nitrogens is 1. The molecule has 0 aliphatic heterocycles. The number of rotatable bonds is 2. The summed E-state index contributed by atoms with van der Waals surface area (Å²) in [5.41, 5.74) is 5.00. The topological polar surface area (TPSA) is 94.0 Å². The van der Waals surface area contributed by atoms with Crippen LogP contribution in [0.15, 0.2) is 24.3 Å². The van der Waals surface area contributed by atoms with Crippen molar-refractivity contribution in [2.45, 2.75) is 0 Å². The summed E-state index contributed by atoms with van der Waals surface area (Å²) in [7, 11) is -2.17. The molecule has 6 heteroatoms. The molecule has 0 saturated carbocycles. The van der Waals surface area contributed by atoms with Crippen LogP contribution in [-0.2, 0) is 10.0 Å². The summed E-state index contributed by atoms with van der Waals surface area (Å²) in [5, 5.41) is 7.00. The molecule has 0 fully saturated rings. The third-order valence-electron chi connectivity index (χ3n) is 1.23. The predicted molar refractivity (Wildman–Crippen MR) is 55.6 cm³/mol. The highest BCUT2D eigenvalue weighted by Crippen LogP contribution is 2.11. The lowest BCUT2D eigenvalue weighted by Gasteiger charge is -2.01. The van der Waals surface area contributed by atoms with Gasteiger partial charge in [-0.15, -0.1) is 0 Å². The van der Waals surface area contributed by atoms with Crippen LogP contribution in [0.1, 0.15) is 0 Å². The van der Waals surface area contributed by atoms with Crippen molar-refractivity contribution >= 4 is 21.4 Å². The van der Waals surface area contributed by atoms with Crippen molar-refractivity contribution < 1.29 is 19.3 Å². The maximum atomic E-state index is 10.8. The minimum atomic E-state index is -3.17. The van der Waals surface area contributed by atoms with Gasteiger partial charge >= 0.3 is 0 Å². The van der Waals surface area contributed by atoms with Crippen LogP contribution in [0.4, 0.5) is 11.4 Å². The van der Waals surface area contributed by atoms with Gasteiger partial charge < -0.3 is 10.8 Å². The van der Waals surface area contributed by atoms with Gasteiger partial charge in [-0.2, -0.15) is 0 Å². The fourth-order valence-corrected chi connectivity index (χ4v) is 1.40. The molecule has 0 atom stereocenters. The zero-order chi connectivity index (χ0) is 11.2. The van der Waals surface area contributed by atoms with Crippen LogP contribution in [0.25, 0.3) is 0 Å². The van der Waals surface area contributed by atoms with Crippen LogP contribution < -0.4 is 10.5 Å². The highest BCUT2D eigenvalue weighted by molar-refractivity contribution is 7.92. The van der Waals surface area contributed by atoms with Gasteiger partial charge in [0.1, 0.15) is 5.69 Å². The van der Waals surface area contributed by atoms with Gasteiger partial charge in [-0.25, -0.2) is 8.42 Å². The number of aliphatic hydroxyl groups is 1. The minimum Gasteiger partial charge on any atom is -0.400 e. The van der Waals surface area contributed by atoms with Crippen molar-refractivity contribution in [2.75, 3.05) is 18.1 Å². The van der Waals surface area contributed by atoms with E-state index in [1.54, 1.807) is 24.3 Å². The van der Waals surface area contributed by atoms with Gasteiger partial charge in [-0.3, -0.25) is 4.72 Å². The predicted octanol–water partition coefficient (Wildman–Crippen LogP) is -0.460. The van der Waals surface area contributed by atoms with Gasteiger partial charge in [0.2, 0.25) is 10.0 Å². The molecule has 0 bridgehead atoms. The Labute approximate surface area is 83.6 Å². The summed E-state index contributed by atoms with van der Waals surface area (Å²) >= 11 is 0. The maximum Gasteiger partial charge on any atom is 0.229 e. The number of hydrogen-bond donors (Lipinski definition) is 3. The summed E-state index contributed by atoms with van der Waals surface area (Å²) in [6.45, 7) is 0. The van der Waals surface area contributed by atoms with E-state index >= 15 is 0 Å². The Bertz CT molecular complexity index is 376. The molecule has 0 saturated heterocycles. The van der Waals surface area contributed by atoms with Gasteiger partial charge in [-0.1, -0.05) is 6.07 Å². The second kappa shape index (κ2) is 5.58. The molecule has 5 N–H and O–H groups in total. The summed E-state index contributed by atoms with van der Waals surface area (Å²) < 4.78 is 23.9. The Kier molecular flexibility index (Phi) is 5.14. The second-order valence-corrected chi connectivity index (χ2v) is 4.32. The molecule has 0 radical (unpaired) electrons. The molecule has 0 aliphatic rings. The van der Waals surface area contributed by atoms with Gasteiger partial charge in [0.25, 0.3) is 0 Å². The number of anilines is 1. The van der Waals surface area contributed by atoms with Crippen LogP contribution in [0.3, 0.4) is 0 Å². The normalized spacial score (nSPS) is 10.0. The molecular formula is C8H15N2O3S+. The van der Waals surface area contributed by atoms with E-state index in [-0.39, 0.29) is 0 Å². The Morgan fingerprint density at radius 3 is 2.36 bits per heavy atom. The molecule has 1 rings (SSSR count). The SMILES string of the molecule is CO.CS(=O)(=O)Nc1cccc([NH3+])c1. The largest absolute Gasteiger partial charge is 0.400 e. The van der Waals surface area contributed by atoms with E-state index in [0.717, 1.165) is 19.1 Å². The summed E-state index contributed by atoms with van der Waals surface area (Å²) in [4.78, 5) is 0. The molecule has 0 aromatic heterocycles. The van der Waals surface area contributed by atoms with Crippen LogP contribution in [0.2, 0.25) is 0 Å². The third kappa shape index (κ3) is 5.52. The average Bonchev–Trinajstić information content (AvgIpc) is 2.04. The fraction of sp³-hybridized carbons (Fsp3) is 0.250. The van der Waals surface area contributed by atoms with Crippen LogP contribution in [0.5, 0.6) is 0 Å². The molecule has 0 amide bonds. The molecule has 1 aromatic carbocycles. The molecule has 0 unspecified atom stereocenters. The highest BCUT2D eigenvalue weighted by Gasteiger charge is 2.01. The first-order valence-electron chi connectivity index (χ1n) is 3.82. The van der Waals surface area contributed by atoms with E-state index in [1.807, 2.05) is 0 Å². The van der Waals surface area contributed by atoms with Crippen molar-refractivity contribution in [3.63, 3.8) is 0 Å². The zero-order valence-electron chi connectivity index (χ0n) is 8.19. The van der Waals surface area contributed by atoms with Gasteiger partial charge in [0.05, 0.1) is 11.9 Å². The van der Waals surface area contributed by atoms with E-state index in [2.05, 4.69) is 10.5 Å². The van der Waals surface area contributed by atoms with E-state index in [0.29, 0.717) is 5.69 Å². The Morgan fingerprint density at radius 1 is 1.36 bits per heavy atom. The van der Waals surface area contributed by atoms with Gasteiger partial charge in [0, 0.05) is 13.2 Å². The summed E-state index contributed by atoms with van der Waals surface area (Å²) in [6, 6.07) is 6.89. The van der Waals surface area contributed by atoms with E-state index in [4.69, 9.17) is 5.11 Å². The number of hydrogen-bond acceptors (Lipinski definition) is 3. The minimum absolute atomic E-state index is 0.546. The van der Waals surface area contributed by atoms with Crippen LogP contribution >= 0.6 is 0 Å². The lowest BCUT2D eigenvalue weighted by Crippen LogP contribution is -2.40. The summed E-state index contributed by atoms with van der Waals surface area (Å²) in [6.07, 6.45) is 1.11. The van der Waals surface area contributed by atoms with E-state index in [1.165, 1.54) is 0 Å². The molecular weight excluding hydrogens is 204 g/mol. The number of sulfonamides is 1. The van der Waals surface area contributed by atoms with Crippen molar-refractivity contribution in [1.82, 2.24) is 0 Å². The lowest BCUT2D eigenvalue weighted by atomic mass is 10.3. The number of aliphatic hydroxyl groups excluding tert-OH is 1. The second-order valence-electron chi connectivity index (χ2n) is 2.57. The van der Waals surface area contributed by atoms with Crippen LogP contribution in [0, 0.1) is 0 Å². The van der Waals surface area contributed by atoms with Crippen molar-refractivity contribution in [3.05, 3.63) is 24.3 Å². The third-order valence-corrected chi connectivity index (χ3v) is 1.84. The van der Waals surface area contributed by atoms with Gasteiger partial charge in [0.15, 0.2) is 0 Å². The summed E-state index contributed by atoms with van der Waals surface area (Å²) in [5.74, 6) is 0. The Balaban J connectivity index is 0.000000791. The zero-order valence-corrected chi connectivity index (χ0v) is 9.00. The first-order chi connectivity index (χ1) is 6.47. The number of benzene rings is 1. The van der Waals surface area contributed by atoms with Crippen molar-refractivity contribution in [1.29, 1.82) is 0 Å². The molecule has 0 heterocycles. The van der Waals surface area contributed by atoms with Crippen LogP contribution in [-0.4, -0.2) is 26.9 Å². The molecule has 0 spiro atoms. The number of nitrogens with one attached hydrogen (secondary N) is 1. The van der Waals surface area contributed by atoms with Crippen molar-refractivity contribution in [3.8, 4) is 0 Å². The van der Waals surface area contributed by atoms with E-state index in [9.17, 15) is 8.42 Å². The quantitative estimate of drug-likeness (QED) is 0.628. The average molecular weight is 219 g/mol. The van der Waals surface area contributed by atoms with Crippen molar-refractivity contribution in [2.24, 2.45) is 0 Å². The Hall–Kier alpha value is -1.11. The Morgan fingerprint density at radius 2 is 1.93 bits per heavy atom. The molecule has 5 nitrogen and oxygen atoms in total. The standard InChI is InChI=1S/C7H10N2O2S.CH4O/c1-12(10,11)9-7-4-2-3-6(8)5-7;1-2/h2-5,9H,8H2,1H3;2H,1H3/p+1. The monoisotopic (exact) mass is 219 g/mol. The molecule has 80 valence electrons. The van der Waals surface area contributed by atoms with E-state index < -0.39 is 10.0 Å². The van der Waals surface area contributed by atoms with Gasteiger partial charge in [-0.05, 0) is 12.1 Å². The first-order valence-corrected chi connectivity index (χ1v) is 5.71.